The van der Waals surface area contributed by atoms with Gasteiger partial charge in [0, 0.05) is 27.3 Å². The van der Waals surface area contributed by atoms with Crippen LogP contribution in [0.15, 0.2) is 18.2 Å². The summed E-state index contributed by atoms with van der Waals surface area (Å²) in [6.07, 6.45) is -4.46. The Morgan fingerprint density at radius 1 is 1.14 bits per heavy atom. The van der Waals surface area contributed by atoms with Crippen molar-refractivity contribution in [1.82, 2.24) is 0 Å². The second-order valence-electron chi connectivity index (χ2n) is 4.31. The minimum Gasteiger partial charge on any atom is -0.383 e. The normalized spacial score (nSPS) is 11.2. The molecular weight excluding hydrogens is 285 g/mol. The van der Waals surface area contributed by atoms with E-state index in [0.29, 0.717) is 32.0 Å². The number of hydrogen-bond donors (Lipinski definition) is 0. The minimum absolute atomic E-state index is 0.0166. The highest BCUT2D eigenvalue weighted by molar-refractivity contribution is 5.60. The predicted octanol–water partition coefficient (Wildman–Crippen LogP) is 2.68. The van der Waals surface area contributed by atoms with E-state index in [0.717, 1.165) is 12.1 Å². The monoisotopic (exact) mass is 302 g/mol. The highest BCUT2D eigenvalue weighted by Gasteiger charge is 2.31. The molecule has 0 aliphatic heterocycles. The third-order valence-corrected chi connectivity index (χ3v) is 2.92. The Hall–Kier alpha value is -1.78. The average Bonchev–Trinajstić information content (AvgIpc) is 2.46. The van der Waals surface area contributed by atoms with Gasteiger partial charge in [0.15, 0.2) is 0 Å². The van der Waals surface area contributed by atoms with Crippen molar-refractivity contribution in [3.05, 3.63) is 29.3 Å². The molecule has 0 bridgehead atoms. The Bertz CT molecular complexity index is 490. The maximum absolute atomic E-state index is 12.7. The van der Waals surface area contributed by atoms with Crippen LogP contribution < -0.4 is 4.90 Å². The highest BCUT2D eigenvalue weighted by Crippen LogP contribution is 2.32. The summed E-state index contributed by atoms with van der Waals surface area (Å²) in [5.74, 6) is 0. The van der Waals surface area contributed by atoms with E-state index in [1.165, 1.54) is 20.3 Å². The first-order valence-corrected chi connectivity index (χ1v) is 6.28. The van der Waals surface area contributed by atoms with Crippen LogP contribution >= 0.6 is 0 Å². The van der Waals surface area contributed by atoms with Crippen LogP contribution in [0.3, 0.4) is 0 Å². The van der Waals surface area contributed by atoms with Gasteiger partial charge in [0.25, 0.3) is 0 Å². The maximum Gasteiger partial charge on any atom is 0.416 e. The molecule has 0 spiro atoms. The number of alkyl halides is 3. The van der Waals surface area contributed by atoms with Gasteiger partial charge in [-0.3, -0.25) is 0 Å². The molecule has 0 aliphatic carbocycles. The topological polar surface area (TPSA) is 45.5 Å². The molecule has 21 heavy (non-hydrogen) atoms. The average molecular weight is 302 g/mol. The molecule has 0 radical (unpaired) electrons. The summed E-state index contributed by atoms with van der Waals surface area (Å²) in [6, 6.07) is 4.97. The van der Waals surface area contributed by atoms with E-state index >= 15 is 0 Å². The molecule has 0 saturated heterocycles. The van der Waals surface area contributed by atoms with Crippen LogP contribution in [-0.4, -0.2) is 40.5 Å². The highest BCUT2D eigenvalue weighted by atomic mass is 19.4. The van der Waals surface area contributed by atoms with Crippen molar-refractivity contribution < 1.29 is 22.6 Å². The molecule has 0 atom stereocenters. The summed E-state index contributed by atoms with van der Waals surface area (Å²) in [5.41, 5.74) is -0.405. The summed E-state index contributed by atoms with van der Waals surface area (Å²) in [6.45, 7) is 1.71. The van der Waals surface area contributed by atoms with Gasteiger partial charge in [0.05, 0.1) is 30.0 Å². The first kappa shape index (κ1) is 17.3. The number of nitriles is 1. The Morgan fingerprint density at radius 3 is 2.14 bits per heavy atom. The molecule has 0 saturated carbocycles. The van der Waals surface area contributed by atoms with Crippen LogP contribution in [-0.2, 0) is 15.7 Å². The van der Waals surface area contributed by atoms with Crippen LogP contribution in [0, 0.1) is 11.3 Å². The Morgan fingerprint density at radius 2 is 1.71 bits per heavy atom. The smallest absolute Gasteiger partial charge is 0.383 e. The third kappa shape index (κ3) is 4.92. The second kappa shape index (κ2) is 7.86. The van der Waals surface area contributed by atoms with Gasteiger partial charge in [0.1, 0.15) is 6.07 Å². The second-order valence-corrected chi connectivity index (χ2v) is 4.31. The minimum atomic E-state index is -4.46. The van der Waals surface area contributed by atoms with Crippen molar-refractivity contribution >= 4 is 5.69 Å². The molecule has 0 aromatic heterocycles. The van der Waals surface area contributed by atoms with Crippen molar-refractivity contribution in [3.8, 4) is 6.07 Å². The lowest BCUT2D eigenvalue weighted by atomic mass is 10.1. The van der Waals surface area contributed by atoms with E-state index < -0.39 is 11.7 Å². The van der Waals surface area contributed by atoms with E-state index in [1.54, 1.807) is 4.90 Å². The standard InChI is InChI=1S/C14H17F3N2O2/c1-20-7-5-19(6-8-21-2)13-4-3-12(14(15,16)17)9-11(13)10-18/h3-4,9H,5-8H2,1-2H3. The summed E-state index contributed by atoms with van der Waals surface area (Å²) in [5, 5.41) is 9.10. The first-order valence-electron chi connectivity index (χ1n) is 6.28. The first-order chi connectivity index (χ1) is 9.93. The SMILES string of the molecule is COCCN(CCOC)c1ccc(C(F)(F)F)cc1C#N. The van der Waals surface area contributed by atoms with Crippen molar-refractivity contribution in [2.24, 2.45) is 0 Å². The summed E-state index contributed by atoms with van der Waals surface area (Å²) >= 11 is 0. The molecule has 0 N–H and O–H groups in total. The molecule has 1 aromatic rings. The number of ether oxygens (including phenoxy) is 2. The van der Waals surface area contributed by atoms with Crippen molar-refractivity contribution in [1.29, 1.82) is 5.26 Å². The molecule has 116 valence electrons. The number of rotatable bonds is 7. The zero-order valence-corrected chi connectivity index (χ0v) is 11.9. The number of hydrogen-bond acceptors (Lipinski definition) is 4. The van der Waals surface area contributed by atoms with Crippen LogP contribution in [0.2, 0.25) is 0 Å². The lowest BCUT2D eigenvalue weighted by Crippen LogP contribution is -2.31. The third-order valence-electron chi connectivity index (χ3n) is 2.92. The van der Waals surface area contributed by atoms with Crippen molar-refractivity contribution in [2.75, 3.05) is 45.4 Å². The largest absolute Gasteiger partial charge is 0.416 e. The van der Waals surface area contributed by atoms with E-state index in [4.69, 9.17) is 14.7 Å². The Balaban J connectivity index is 3.09. The molecule has 0 unspecified atom stereocenters. The van der Waals surface area contributed by atoms with E-state index in [-0.39, 0.29) is 5.56 Å². The van der Waals surface area contributed by atoms with Gasteiger partial charge in [-0.15, -0.1) is 0 Å². The molecule has 0 amide bonds. The van der Waals surface area contributed by atoms with E-state index in [2.05, 4.69) is 0 Å². The van der Waals surface area contributed by atoms with Crippen LogP contribution in [0.5, 0.6) is 0 Å². The number of nitrogens with zero attached hydrogens (tertiary/aromatic N) is 2. The van der Waals surface area contributed by atoms with Gasteiger partial charge >= 0.3 is 6.18 Å². The van der Waals surface area contributed by atoms with Crippen LogP contribution in [0.1, 0.15) is 11.1 Å². The molecule has 4 nitrogen and oxygen atoms in total. The molecular formula is C14H17F3N2O2. The van der Waals surface area contributed by atoms with Gasteiger partial charge in [0.2, 0.25) is 0 Å². The maximum atomic E-state index is 12.7. The lowest BCUT2D eigenvalue weighted by molar-refractivity contribution is -0.137. The summed E-state index contributed by atoms with van der Waals surface area (Å²) in [4.78, 5) is 1.77. The van der Waals surface area contributed by atoms with Crippen LogP contribution in [0.25, 0.3) is 0 Å². The number of methoxy groups -OCH3 is 2. The molecule has 0 fully saturated rings. The van der Waals surface area contributed by atoms with Crippen LogP contribution in [0.4, 0.5) is 18.9 Å². The number of benzene rings is 1. The fourth-order valence-electron chi connectivity index (χ4n) is 1.83. The van der Waals surface area contributed by atoms with Gasteiger partial charge in [-0.25, -0.2) is 0 Å². The Kier molecular flexibility index (Phi) is 6.46. The molecule has 0 aliphatic rings. The van der Waals surface area contributed by atoms with E-state index in [1.807, 2.05) is 6.07 Å². The molecule has 0 heterocycles. The van der Waals surface area contributed by atoms with Gasteiger partial charge in [-0.1, -0.05) is 0 Å². The van der Waals surface area contributed by atoms with Gasteiger partial charge < -0.3 is 14.4 Å². The lowest BCUT2D eigenvalue weighted by Gasteiger charge is -2.25. The van der Waals surface area contributed by atoms with Gasteiger partial charge in [-0.2, -0.15) is 18.4 Å². The zero-order chi connectivity index (χ0) is 15.9. The number of halogens is 3. The molecule has 1 aromatic carbocycles. The number of anilines is 1. The summed E-state index contributed by atoms with van der Waals surface area (Å²) in [7, 11) is 3.07. The predicted molar refractivity (Wildman–Crippen MR) is 72.1 cm³/mol. The van der Waals surface area contributed by atoms with Crippen molar-refractivity contribution in [2.45, 2.75) is 6.18 Å². The van der Waals surface area contributed by atoms with E-state index in [9.17, 15) is 13.2 Å². The van der Waals surface area contributed by atoms with Gasteiger partial charge in [-0.05, 0) is 18.2 Å². The quantitative estimate of drug-likeness (QED) is 0.777. The Labute approximate surface area is 121 Å². The zero-order valence-electron chi connectivity index (χ0n) is 11.9. The molecule has 7 heteroatoms. The molecule has 1 rings (SSSR count). The fraction of sp³-hybridized carbons (Fsp3) is 0.500. The summed E-state index contributed by atoms with van der Waals surface area (Å²) < 4.78 is 48.0. The van der Waals surface area contributed by atoms with Crippen molar-refractivity contribution in [3.63, 3.8) is 0 Å². The fourth-order valence-corrected chi connectivity index (χ4v) is 1.83.